The molecule has 172 valence electrons. The van der Waals surface area contributed by atoms with E-state index in [1.165, 1.54) is 6.07 Å². The smallest absolute Gasteiger partial charge is 0.237 e. The minimum atomic E-state index is -0.570. The first-order chi connectivity index (χ1) is 15.0. The van der Waals surface area contributed by atoms with Crippen LogP contribution in [0.15, 0.2) is 24.3 Å². The second-order valence-electron chi connectivity index (χ2n) is 8.62. The number of benzene rings is 1. The predicted molar refractivity (Wildman–Crippen MR) is 117 cm³/mol. The number of ether oxygens (including phenoxy) is 1. The maximum Gasteiger partial charge on any atom is 0.237 e. The molecule has 1 aromatic rings. The van der Waals surface area contributed by atoms with Crippen LogP contribution in [0.25, 0.3) is 0 Å². The van der Waals surface area contributed by atoms with E-state index in [1.807, 2.05) is 11.9 Å². The maximum absolute atomic E-state index is 14.1. The number of hydrogen-bond acceptors (Lipinski definition) is 5. The van der Waals surface area contributed by atoms with E-state index in [0.29, 0.717) is 37.7 Å². The lowest BCUT2D eigenvalue weighted by molar-refractivity contribution is -0.138. The summed E-state index contributed by atoms with van der Waals surface area (Å²) in [6.07, 6.45) is 2.23. The first kappa shape index (κ1) is 23.6. The van der Waals surface area contributed by atoms with Gasteiger partial charge in [-0.1, -0.05) is 18.2 Å². The van der Waals surface area contributed by atoms with Crippen molar-refractivity contribution in [2.45, 2.75) is 31.8 Å². The summed E-state index contributed by atoms with van der Waals surface area (Å²) in [6.45, 7) is 5.88. The molecule has 2 fully saturated rings. The van der Waals surface area contributed by atoms with Crippen LogP contribution in [-0.2, 0) is 20.9 Å². The largest absolute Gasteiger partial charge is 0.383 e. The van der Waals surface area contributed by atoms with Crippen molar-refractivity contribution in [3.8, 4) is 0 Å². The summed E-state index contributed by atoms with van der Waals surface area (Å²) in [4.78, 5) is 31.5. The molecule has 2 saturated heterocycles. The van der Waals surface area contributed by atoms with Gasteiger partial charge in [-0.15, -0.1) is 0 Å². The van der Waals surface area contributed by atoms with Gasteiger partial charge in [-0.25, -0.2) is 4.39 Å². The van der Waals surface area contributed by atoms with Gasteiger partial charge in [-0.3, -0.25) is 14.5 Å². The molecule has 0 spiro atoms. The van der Waals surface area contributed by atoms with Gasteiger partial charge in [0.15, 0.2) is 0 Å². The fourth-order valence-corrected chi connectivity index (χ4v) is 4.44. The zero-order valence-corrected chi connectivity index (χ0v) is 18.7. The lowest BCUT2D eigenvalue weighted by atomic mass is 9.96. The highest BCUT2D eigenvalue weighted by Gasteiger charge is 2.33. The first-order valence-electron chi connectivity index (χ1n) is 11.2. The third-order valence-corrected chi connectivity index (χ3v) is 6.42. The highest BCUT2D eigenvalue weighted by Crippen LogP contribution is 2.20. The Labute approximate surface area is 184 Å². The fourth-order valence-electron chi connectivity index (χ4n) is 4.44. The van der Waals surface area contributed by atoms with Gasteiger partial charge in [0.1, 0.15) is 5.82 Å². The van der Waals surface area contributed by atoms with E-state index in [0.717, 1.165) is 39.1 Å². The summed E-state index contributed by atoms with van der Waals surface area (Å²) < 4.78 is 19.3. The lowest BCUT2D eigenvalue weighted by Gasteiger charge is -2.36. The number of piperazine rings is 1. The van der Waals surface area contributed by atoms with Crippen molar-refractivity contribution in [3.05, 3.63) is 35.6 Å². The zero-order valence-electron chi connectivity index (χ0n) is 18.7. The molecule has 0 radical (unpaired) electrons. The van der Waals surface area contributed by atoms with Crippen molar-refractivity contribution in [3.63, 3.8) is 0 Å². The molecular formula is C23H35FN4O3. The van der Waals surface area contributed by atoms with Gasteiger partial charge in [0.05, 0.1) is 19.1 Å². The molecule has 1 atom stereocenters. The number of rotatable bonds is 9. The van der Waals surface area contributed by atoms with Crippen molar-refractivity contribution in [1.29, 1.82) is 0 Å². The molecule has 2 aliphatic heterocycles. The normalized spacial score (nSPS) is 21.1. The molecule has 0 aliphatic carbocycles. The first-order valence-corrected chi connectivity index (χ1v) is 11.2. The van der Waals surface area contributed by atoms with Gasteiger partial charge >= 0.3 is 0 Å². The molecule has 31 heavy (non-hydrogen) atoms. The van der Waals surface area contributed by atoms with Gasteiger partial charge < -0.3 is 19.9 Å². The molecule has 3 rings (SSSR count). The van der Waals surface area contributed by atoms with Crippen molar-refractivity contribution >= 4 is 11.8 Å². The Bertz CT molecular complexity index is 739. The van der Waals surface area contributed by atoms with Gasteiger partial charge in [0.25, 0.3) is 0 Å². The average molecular weight is 435 g/mol. The van der Waals surface area contributed by atoms with Crippen LogP contribution in [-0.4, -0.2) is 92.6 Å². The number of methoxy groups -OCH3 is 1. The Morgan fingerprint density at radius 3 is 2.71 bits per heavy atom. The molecule has 1 N–H and O–H groups in total. The average Bonchev–Trinajstić information content (AvgIpc) is 2.77. The zero-order chi connectivity index (χ0) is 22.2. The summed E-state index contributed by atoms with van der Waals surface area (Å²) >= 11 is 0. The third-order valence-electron chi connectivity index (χ3n) is 6.42. The van der Waals surface area contributed by atoms with E-state index in [9.17, 15) is 14.0 Å². The molecule has 0 aromatic heterocycles. The van der Waals surface area contributed by atoms with E-state index in [2.05, 4.69) is 10.2 Å². The number of likely N-dealkylation sites (tertiary alicyclic amines) is 1. The number of nitrogens with zero attached hydrogens (tertiary/aromatic N) is 3. The quantitative estimate of drug-likeness (QED) is 0.635. The molecular weight excluding hydrogens is 399 g/mol. The number of halogens is 1. The lowest BCUT2D eigenvalue weighted by Crippen LogP contribution is -2.56. The van der Waals surface area contributed by atoms with Crippen molar-refractivity contribution in [1.82, 2.24) is 20.0 Å². The van der Waals surface area contributed by atoms with Crippen LogP contribution in [0.1, 0.15) is 24.8 Å². The highest BCUT2D eigenvalue weighted by atomic mass is 19.1. The molecule has 7 nitrogen and oxygen atoms in total. The monoisotopic (exact) mass is 434 g/mol. The second-order valence-corrected chi connectivity index (χ2v) is 8.62. The summed E-state index contributed by atoms with van der Waals surface area (Å²) in [7, 11) is 3.54. The number of carbonyl (C=O) groups excluding carboxylic acids is 2. The van der Waals surface area contributed by atoms with E-state index in [-0.39, 0.29) is 24.1 Å². The van der Waals surface area contributed by atoms with Crippen molar-refractivity contribution in [2.75, 3.05) is 60.0 Å². The summed E-state index contributed by atoms with van der Waals surface area (Å²) in [6, 6.07) is 6.02. The summed E-state index contributed by atoms with van der Waals surface area (Å²) in [5, 5.41) is 2.85. The summed E-state index contributed by atoms with van der Waals surface area (Å²) in [5.74, 6) is -0.00634. The molecule has 1 aromatic carbocycles. The Balaban J connectivity index is 1.52. The number of hydrogen-bond donors (Lipinski definition) is 1. The topological polar surface area (TPSA) is 65.1 Å². The molecule has 0 unspecified atom stereocenters. The van der Waals surface area contributed by atoms with E-state index in [4.69, 9.17) is 4.74 Å². The van der Waals surface area contributed by atoms with Crippen LogP contribution in [0, 0.1) is 11.7 Å². The molecule has 2 aliphatic rings. The Hall–Kier alpha value is -2.03. The van der Waals surface area contributed by atoms with Gasteiger partial charge in [0.2, 0.25) is 11.8 Å². The minimum absolute atomic E-state index is 0.0394. The van der Waals surface area contributed by atoms with Crippen LogP contribution in [0.3, 0.4) is 0 Å². The van der Waals surface area contributed by atoms with Crippen LogP contribution in [0.4, 0.5) is 4.39 Å². The van der Waals surface area contributed by atoms with Gasteiger partial charge in [-0.05, 0) is 37.9 Å². The van der Waals surface area contributed by atoms with Crippen molar-refractivity contribution in [2.24, 2.45) is 5.92 Å². The van der Waals surface area contributed by atoms with Crippen LogP contribution < -0.4 is 5.32 Å². The highest BCUT2D eigenvalue weighted by molar-refractivity contribution is 5.88. The molecule has 0 saturated carbocycles. The van der Waals surface area contributed by atoms with E-state index in [1.54, 1.807) is 30.2 Å². The summed E-state index contributed by atoms with van der Waals surface area (Å²) in [5.41, 5.74) is 0.545. The van der Waals surface area contributed by atoms with Crippen LogP contribution in [0.2, 0.25) is 0 Å². The second kappa shape index (κ2) is 11.5. The molecule has 2 heterocycles. The third kappa shape index (κ3) is 6.72. The van der Waals surface area contributed by atoms with Crippen LogP contribution in [0.5, 0.6) is 0 Å². The van der Waals surface area contributed by atoms with Crippen LogP contribution >= 0.6 is 0 Å². The minimum Gasteiger partial charge on any atom is -0.383 e. The molecule has 2 amide bonds. The number of carbonyl (C=O) groups is 2. The Kier molecular flexibility index (Phi) is 8.80. The fraction of sp³-hybridized carbons (Fsp3) is 0.652. The van der Waals surface area contributed by atoms with Gasteiger partial charge in [-0.2, -0.15) is 0 Å². The molecule has 8 heteroatoms. The standard InChI is InChI=1S/C23H35FN4O3/c1-26(16-18-7-10-27(11-8-18)13-14-31-2)22(29)15-21-23(30)25-9-12-28(21)17-19-5-3-4-6-20(19)24/h3-6,18,21H,7-17H2,1-2H3,(H,25,30)/t21-/m0/s1. The van der Waals surface area contributed by atoms with E-state index < -0.39 is 6.04 Å². The number of nitrogens with one attached hydrogen (secondary N) is 1. The maximum atomic E-state index is 14.1. The van der Waals surface area contributed by atoms with Crippen molar-refractivity contribution < 1.29 is 18.7 Å². The predicted octanol–water partition coefficient (Wildman–Crippen LogP) is 1.33. The Morgan fingerprint density at radius 2 is 2.00 bits per heavy atom. The number of piperidine rings is 1. The van der Waals surface area contributed by atoms with Gasteiger partial charge in [0, 0.05) is 52.4 Å². The Morgan fingerprint density at radius 1 is 1.26 bits per heavy atom. The number of amides is 2. The molecule has 0 bridgehead atoms. The SMILES string of the molecule is COCCN1CCC(CN(C)C(=O)C[C@H]2C(=O)NCCN2Cc2ccccc2F)CC1. The van der Waals surface area contributed by atoms with E-state index >= 15 is 0 Å².